The van der Waals surface area contributed by atoms with E-state index >= 15 is 0 Å². The van der Waals surface area contributed by atoms with Crippen LogP contribution < -0.4 is 0 Å². The summed E-state index contributed by atoms with van der Waals surface area (Å²) >= 11 is 0. The molecular formula is C12H13N5O2. The lowest BCUT2D eigenvalue weighted by atomic mass is 10.1. The molecule has 0 radical (unpaired) electrons. The van der Waals surface area contributed by atoms with E-state index in [4.69, 9.17) is 10.6 Å². The minimum Gasteiger partial charge on any atom is -0.478 e. The van der Waals surface area contributed by atoms with E-state index in [0.717, 1.165) is 5.52 Å². The number of carbonyl (C=O) groups is 1. The molecule has 0 amide bonds. The summed E-state index contributed by atoms with van der Waals surface area (Å²) in [6, 6.07) is 5.08. The Morgan fingerprint density at radius 3 is 3.11 bits per heavy atom. The Kier molecular flexibility index (Phi) is 3.68. The van der Waals surface area contributed by atoms with Crippen LogP contribution in [0.3, 0.4) is 0 Å². The third-order valence-electron chi connectivity index (χ3n) is 2.86. The highest BCUT2D eigenvalue weighted by molar-refractivity contribution is 6.02. The van der Waals surface area contributed by atoms with E-state index in [0.29, 0.717) is 18.5 Å². The molecule has 1 unspecified atom stereocenters. The molecular weight excluding hydrogens is 246 g/mol. The Hall–Kier alpha value is -2.53. The number of carboxylic acid groups (broad SMARTS) is 1. The van der Waals surface area contributed by atoms with Gasteiger partial charge in [-0.25, -0.2) is 4.79 Å². The van der Waals surface area contributed by atoms with Crippen molar-refractivity contribution in [3.63, 3.8) is 0 Å². The molecule has 7 heteroatoms. The fourth-order valence-corrected chi connectivity index (χ4v) is 1.96. The summed E-state index contributed by atoms with van der Waals surface area (Å²) in [5, 5.41) is 17.4. The van der Waals surface area contributed by atoms with Crippen LogP contribution in [0.25, 0.3) is 21.3 Å². The molecule has 98 valence electrons. The smallest absolute Gasteiger partial charge is 0.336 e. The van der Waals surface area contributed by atoms with Crippen LogP contribution in [0.2, 0.25) is 0 Å². The molecule has 0 fully saturated rings. The summed E-state index contributed by atoms with van der Waals surface area (Å²) in [6.07, 6.45) is 1.55. The lowest BCUT2D eigenvalue weighted by Crippen LogP contribution is -2.11. The number of hydrogen-bond acceptors (Lipinski definition) is 3. The Morgan fingerprint density at radius 2 is 2.42 bits per heavy atom. The molecule has 2 rings (SSSR count). The number of carboxylic acids is 1. The second-order valence-corrected chi connectivity index (χ2v) is 4.39. The van der Waals surface area contributed by atoms with E-state index in [1.54, 1.807) is 23.0 Å². The van der Waals surface area contributed by atoms with Crippen molar-refractivity contribution in [2.24, 2.45) is 11.0 Å². The molecule has 19 heavy (non-hydrogen) atoms. The van der Waals surface area contributed by atoms with Gasteiger partial charge in [0.05, 0.1) is 17.3 Å². The number of azide groups is 1. The van der Waals surface area contributed by atoms with Crippen molar-refractivity contribution < 1.29 is 9.90 Å². The zero-order chi connectivity index (χ0) is 13.8. The summed E-state index contributed by atoms with van der Waals surface area (Å²) in [4.78, 5) is 13.8. The van der Waals surface area contributed by atoms with Gasteiger partial charge in [-0.15, -0.1) is 0 Å². The van der Waals surface area contributed by atoms with Crippen LogP contribution >= 0.6 is 0 Å². The van der Waals surface area contributed by atoms with Gasteiger partial charge in [-0.1, -0.05) is 18.1 Å². The average molecular weight is 259 g/mol. The first kappa shape index (κ1) is 12.9. The molecule has 1 heterocycles. The van der Waals surface area contributed by atoms with Crippen molar-refractivity contribution in [2.45, 2.75) is 13.5 Å². The molecule has 0 spiro atoms. The van der Waals surface area contributed by atoms with Gasteiger partial charge in [-0.2, -0.15) is 5.10 Å². The van der Waals surface area contributed by atoms with Crippen LogP contribution in [-0.2, 0) is 6.54 Å². The first-order chi connectivity index (χ1) is 9.13. The van der Waals surface area contributed by atoms with Gasteiger partial charge in [0.15, 0.2) is 0 Å². The van der Waals surface area contributed by atoms with Crippen LogP contribution in [0.4, 0.5) is 0 Å². The lowest BCUT2D eigenvalue weighted by molar-refractivity contribution is 0.0699. The third-order valence-corrected chi connectivity index (χ3v) is 2.86. The van der Waals surface area contributed by atoms with Gasteiger partial charge in [-0.3, -0.25) is 4.68 Å². The van der Waals surface area contributed by atoms with Crippen molar-refractivity contribution in [1.29, 1.82) is 0 Å². The highest BCUT2D eigenvalue weighted by atomic mass is 16.4. The average Bonchev–Trinajstić information content (AvgIpc) is 2.79. The van der Waals surface area contributed by atoms with Crippen LogP contribution in [0.1, 0.15) is 17.3 Å². The fourth-order valence-electron chi connectivity index (χ4n) is 1.96. The Labute approximate surface area is 109 Å². The molecule has 1 atom stereocenters. The Bertz CT molecular complexity index is 657. The lowest BCUT2D eigenvalue weighted by Gasteiger charge is -2.09. The predicted octanol–water partition coefficient (Wildman–Crippen LogP) is 2.68. The number of nitrogens with zero attached hydrogens (tertiary/aromatic N) is 5. The van der Waals surface area contributed by atoms with Crippen molar-refractivity contribution >= 4 is 16.9 Å². The van der Waals surface area contributed by atoms with Crippen molar-refractivity contribution in [3.05, 3.63) is 40.4 Å². The number of benzene rings is 1. The number of rotatable bonds is 5. The molecule has 0 aliphatic heterocycles. The second kappa shape index (κ2) is 5.41. The minimum atomic E-state index is -0.965. The monoisotopic (exact) mass is 259 g/mol. The zero-order valence-corrected chi connectivity index (χ0v) is 10.4. The summed E-state index contributed by atoms with van der Waals surface area (Å²) < 4.78 is 1.74. The molecule has 7 nitrogen and oxygen atoms in total. The van der Waals surface area contributed by atoms with Gasteiger partial charge in [0.25, 0.3) is 0 Å². The van der Waals surface area contributed by atoms with Gasteiger partial charge in [-0.05, 0) is 23.6 Å². The predicted molar refractivity (Wildman–Crippen MR) is 69.9 cm³/mol. The normalized spacial score (nSPS) is 12.1. The summed E-state index contributed by atoms with van der Waals surface area (Å²) in [5.41, 5.74) is 9.29. The molecule has 1 aromatic carbocycles. The fraction of sp³-hybridized carbons (Fsp3) is 0.333. The van der Waals surface area contributed by atoms with E-state index in [1.165, 1.54) is 0 Å². The third kappa shape index (κ3) is 2.66. The largest absolute Gasteiger partial charge is 0.478 e. The number of hydrogen-bond donors (Lipinski definition) is 1. The number of aromatic carboxylic acids is 1. The van der Waals surface area contributed by atoms with Crippen LogP contribution in [0.5, 0.6) is 0 Å². The maximum absolute atomic E-state index is 11.1. The van der Waals surface area contributed by atoms with Crippen LogP contribution in [0, 0.1) is 5.92 Å². The summed E-state index contributed by atoms with van der Waals surface area (Å²) in [6.45, 7) is 2.91. The SMILES string of the molecule is CC(CN=[N+]=[N-])Cn1ncc2c(C(=O)O)cccc21. The zero-order valence-electron chi connectivity index (χ0n) is 10.4. The highest BCUT2D eigenvalue weighted by Crippen LogP contribution is 2.19. The number of fused-ring (bicyclic) bond motifs is 1. The van der Waals surface area contributed by atoms with Crippen LogP contribution in [0.15, 0.2) is 29.5 Å². The number of aromatic nitrogens is 2. The van der Waals surface area contributed by atoms with Crippen molar-refractivity contribution in [3.8, 4) is 0 Å². The van der Waals surface area contributed by atoms with Gasteiger partial charge in [0.2, 0.25) is 0 Å². The standard InChI is InChI=1S/C12H13N5O2/c1-8(5-14-16-13)7-17-11-4-2-3-9(12(18)19)10(11)6-15-17/h2-4,6,8H,5,7H2,1H3,(H,18,19). The topological polar surface area (TPSA) is 104 Å². The van der Waals surface area contributed by atoms with E-state index < -0.39 is 5.97 Å². The van der Waals surface area contributed by atoms with Gasteiger partial charge in [0.1, 0.15) is 0 Å². The van der Waals surface area contributed by atoms with E-state index in [1.807, 2.05) is 13.0 Å². The first-order valence-corrected chi connectivity index (χ1v) is 5.82. The van der Waals surface area contributed by atoms with Gasteiger partial charge in [0, 0.05) is 23.4 Å². The van der Waals surface area contributed by atoms with Gasteiger partial charge < -0.3 is 5.11 Å². The molecule has 0 aliphatic carbocycles. The van der Waals surface area contributed by atoms with E-state index in [-0.39, 0.29) is 11.5 Å². The van der Waals surface area contributed by atoms with E-state index in [2.05, 4.69) is 15.1 Å². The molecule has 2 aromatic rings. The van der Waals surface area contributed by atoms with Crippen LogP contribution in [-0.4, -0.2) is 27.4 Å². The van der Waals surface area contributed by atoms with E-state index in [9.17, 15) is 4.79 Å². The maximum Gasteiger partial charge on any atom is 0.336 e. The minimum absolute atomic E-state index is 0.132. The Morgan fingerprint density at radius 1 is 1.63 bits per heavy atom. The molecule has 0 saturated carbocycles. The second-order valence-electron chi connectivity index (χ2n) is 4.39. The van der Waals surface area contributed by atoms with Crippen molar-refractivity contribution in [2.75, 3.05) is 6.54 Å². The maximum atomic E-state index is 11.1. The molecule has 0 aliphatic rings. The highest BCUT2D eigenvalue weighted by Gasteiger charge is 2.13. The molecule has 1 aromatic heterocycles. The Balaban J connectivity index is 2.33. The summed E-state index contributed by atoms with van der Waals surface area (Å²) in [5.74, 6) is -0.834. The van der Waals surface area contributed by atoms with Crippen molar-refractivity contribution in [1.82, 2.24) is 9.78 Å². The van der Waals surface area contributed by atoms with Gasteiger partial charge >= 0.3 is 5.97 Å². The molecule has 1 N–H and O–H groups in total. The first-order valence-electron chi connectivity index (χ1n) is 5.82. The molecule has 0 bridgehead atoms. The quantitative estimate of drug-likeness (QED) is 0.507. The molecule has 0 saturated heterocycles. The summed E-state index contributed by atoms with van der Waals surface area (Å²) in [7, 11) is 0.